The van der Waals surface area contributed by atoms with E-state index < -0.39 is 0 Å². The van der Waals surface area contributed by atoms with Gasteiger partial charge in [0.15, 0.2) is 0 Å². The number of hydrogen-bond acceptors (Lipinski definition) is 2. The monoisotopic (exact) mass is 170 g/mol. The molecule has 0 atom stereocenters. The van der Waals surface area contributed by atoms with E-state index in [0.29, 0.717) is 0 Å². The van der Waals surface area contributed by atoms with E-state index in [1.54, 1.807) is 0 Å². The predicted molar refractivity (Wildman–Crippen MR) is 53.4 cm³/mol. The van der Waals surface area contributed by atoms with E-state index in [4.69, 9.17) is 0 Å². The Balaban J connectivity index is 2.18. The average molecular weight is 170 g/mol. The van der Waals surface area contributed by atoms with Gasteiger partial charge < -0.3 is 10.2 Å². The second kappa shape index (κ2) is 3.35. The number of hydrogen-bond donors (Lipinski definition) is 1. The van der Waals surface area contributed by atoms with E-state index in [1.807, 2.05) is 0 Å². The zero-order valence-corrected chi connectivity index (χ0v) is 9.02. The Morgan fingerprint density at radius 2 is 1.67 bits per heavy atom. The van der Waals surface area contributed by atoms with Gasteiger partial charge in [-0.2, -0.15) is 0 Å². The van der Waals surface area contributed by atoms with Crippen molar-refractivity contribution in [3.8, 4) is 0 Å². The normalized spacial score (nSPS) is 30.5. The van der Waals surface area contributed by atoms with Crippen LogP contribution in [0.15, 0.2) is 0 Å². The molecule has 0 aromatic rings. The second-order valence-corrected chi connectivity index (χ2v) is 5.18. The van der Waals surface area contributed by atoms with Crippen molar-refractivity contribution in [1.82, 2.24) is 10.2 Å². The van der Waals surface area contributed by atoms with Crippen molar-refractivity contribution < 1.29 is 0 Å². The third-order valence-electron chi connectivity index (χ3n) is 2.48. The van der Waals surface area contributed by atoms with Crippen LogP contribution in [-0.4, -0.2) is 36.6 Å². The summed E-state index contributed by atoms with van der Waals surface area (Å²) >= 11 is 0. The molecule has 12 heavy (non-hydrogen) atoms. The van der Waals surface area contributed by atoms with E-state index >= 15 is 0 Å². The van der Waals surface area contributed by atoms with Crippen LogP contribution in [-0.2, 0) is 0 Å². The molecule has 0 spiro atoms. The van der Waals surface area contributed by atoms with Crippen LogP contribution in [0.5, 0.6) is 0 Å². The first-order valence-electron chi connectivity index (χ1n) is 4.82. The molecule has 0 amide bonds. The number of nitrogens with one attached hydrogen (secondary N) is 1. The molecule has 72 valence electrons. The summed E-state index contributed by atoms with van der Waals surface area (Å²) in [4.78, 5) is 2.32. The molecule has 0 saturated heterocycles. The molecular weight excluding hydrogens is 148 g/mol. The summed E-state index contributed by atoms with van der Waals surface area (Å²) < 4.78 is 0. The summed E-state index contributed by atoms with van der Waals surface area (Å²) in [6, 6.07) is 1.56. The first-order valence-corrected chi connectivity index (χ1v) is 4.82. The zero-order valence-electron chi connectivity index (χ0n) is 9.02. The van der Waals surface area contributed by atoms with E-state index in [0.717, 1.165) is 12.1 Å². The maximum atomic E-state index is 3.61. The van der Waals surface area contributed by atoms with Gasteiger partial charge in [0.25, 0.3) is 0 Å². The van der Waals surface area contributed by atoms with Crippen LogP contribution in [0, 0.1) is 0 Å². The van der Waals surface area contributed by atoms with Crippen LogP contribution in [0.1, 0.15) is 33.6 Å². The quantitative estimate of drug-likeness (QED) is 0.675. The van der Waals surface area contributed by atoms with Gasteiger partial charge >= 0.3 is 0 Å². The maximum Gasteiger partial charge on any atom is 0.0119 e. The van der Waals surface area contributed by atoms with Gasteiger partial charge in [0.05, 0.1) is 0 Å². The molecule has 0 aromatic heterocycles. The highest BCUT2D eigenvalue weighted by Crippen LogP contribution is 2.25. The van der Waals surface area contributed by atoms with Crippen molar-refractivity contribution in [2.45, 2.75) is 51.2 Å². The SMILES string of the molecule is CN(C)[C@H]1C[C@@H](NC(C)(C)C)C1. The van der Waals surface area contributed by atoms with Crippen LogP contribution in [0.4, 0.5) is 0 Å². The summed E-state index contributed by atoms with van der Waals surface area (Å²) in [6.07, 6.45) is 2.62. The molecule has 0 bridgehead atoms. The average Bonchev–Trinajstić information content (AvgIpc) is 1.74. The summed E-state index contributed by atoms with van der Waals surface area (Å²) in [6.45, 7) is 6.70. The lowest BCUT2D eigenvalue weighted by Crippen LogP contribution is -2.55. The lowest BCUT2D eigenvalue weighted by molar-refractivity contribution is 0.128. The van der Waals surface area contributed by atoms with E-state index in [1.165, 1.54) is 12.8 Å². The molecule has 1 rings (SSSR count). The third kappa shape index (κ3) is 2.76. The van der Waals surface area contributed by atoms with Crippen molar-refractivity contribution in [2.75, 3.05) is 14.1 Å². The highest BCUT2D eigenvalue weighted by Gasteiger charge is 2.32. The van der Waals surface area contributed by atoms with Gasteiger partial charge in [0, 0.05) is 17.6 Å². The molecule has 2 heteroatoms. The second-order valence-electron chi connectivity index (χ2n) is 5.18. The maximum absolute atomic E-state index is 3.61. The molecule has 1 fully saturated rings. The lowest BCUT2D eigenvalue weighted by atomic mass is 9.84. The number of nitrogens with zero attached hydrogens (tertiary/aromatic N) is 1. The molecule has 1 saturated carbocycles. The van der Waals surface area contributed by atoms with E-state index in [9.17, 15) is 0 Å². The Bertz CT molecular complexity index is 140. The smallest absolute Gasteiger partial charge is 0.0119 e. The van der Waals surface area contributed by atoms with Crippen molar-refractivity contribution in [1.29, 1.82) is 0 Å². The van der Waals surface area contributed by atoms with Crippen molar-refractivity contribution in [3.63, 3.8) is 0 Å². The topological polar surface area (TPSA) is 15.3 Å². The van der Waals surface area contributed by atoms with Gasteiger partial charge in [-0.05, 0) is 47.7 Å². The highest BCUT2D eigenvalue weighted by molar-refractivity contribution is 4.92. The molecule has 1 aliphatic carbocycles. The first kappa shape index (κ1) is 10.0. The zero-order chi connectivity index (χ0) is 9.35. The Hall–Kier alpha value is -0.0800. The molecule has 0 radical (unpaired) electrons. The molecule has 0 unspecified atom stereocenters. The molecule has 0 aliphatic heterocycles. The van der Waals surface area contributed by atoms with Crippen molar-refractivity contribution in [2.24, 2.45) is 0 Å². The summed E-state index contributed by atoms with van der Waals surface area (Å²) in [5.74, 6) is 0. The first-order chi connectivity index (χ1) is 5.38. The van der Waals surface area contributed by atoms with Crippen LogP contribution in [0.2, 0.25) is 0 Å². The van der Waals surface area contributed by atoms with Gasteiger partial charge in [-0.25, -0.2) is 0 Å². The minimum atomic E-state index is 0.280. The fourth-order valence-electron chi connectivity index (χ4n) is 1.74. The molecule has 1 aliphatic rings. The van der Waals surface area contributed by atoms with Gasteiger partial charge in [0.2, 0.25) is 0 Å². The summed E-state index contributed by atoms with van der Waals surface area (Å²) in [7, 11) is 4.33. The van der Waals surface area contributed by atoms with Gasteiger partial charge in [-0.15, -0.1) is 0 Å². The molecule has 0 heterocycles. The Morgan fingerprint density at radius 1 is 1.17 bits per heavy atom. The Kier molecular flexibility index (Phi) is 2.79. The largest absolute Gasteiger partial charge is 0.309 e. The third-order valence-corrected chi connectivity index (χ3v) is 2.48. The minimum absolute atomic E-state index is 0.280. The lowest BCUT2D eigenvalue weighted by Gasteiger charge is -2.43. The van der Waals surface area contributed by atoms with E-state index in [2.05, 4.69) is 45.1 Å². The standard InChI is InChI=1S/C10H22N2/c1-10(2,3)11-8-6-9(7-8)12(4)5/h8-9,11H,6-7H2,1-5H3/t8-,9+. The number of rotatable bonds is 2. The molecular formula is C10H22N2. The molecule has 0 aromatic carbocycles. The predicted octanol–water partition coefficient (Wildman–Crippen LogP) is 1.47. The fraction of sp³-hybridized carbons (Fsp3) is 1.00. The van der Waals surface area contributed by atoms with Gasteiger partial charge in [0.1, 0.15) is 0 Å². The van der Waals surface area contributed by atoms with Crippen LogP contribution in [0.25, 0.3) is 0 Å². The van der Waals surface area contributed by atoms with Gasteiger partial charge in [-0.3, -0.25) is 0 Å². The van der Waals surface area contributed by atoms with Gasteiger partial charge in [-0.1, -0.05) is 0 Å². The summed E-state index contributed by atoms with van der Waals surface area (Å²) in [5.41, 5.74) is 0.280. The van der Waals surface area contributed by atoms with Crippen molar-refractivity contribution >= 4 is 0 Å². The Labute approximate surface area is 76.3 Å². The van der Waals surface area contributed by atoms with E-state index in [-0.39, 0.29) is 5.54 Å². The minimum Gasteiger partial charge on any atom is -0.309 e. The molecule has 1 N–H and O–H groups in total. The summed E-state index contributed by atoms with van der Waals surface area (Å²) in [5, 5.41) is 3.61. The Morgan fingerprint density at radius 3 is 2.00 bits per heavy atom. The van der Waals surface area contributed by atoms with Crippen LogP contribution >= 0.6 is 0 Å². The van der Waals surface area contributed by atoms with Crippen LogP contribution < -0.4 is 5.32 Å². The molecule has 2 nitrogen and oxygen atoms in total. The van der Waals surface area contributed by atoms with Crippen LogP contribution in [0.3, 0.4) is 0 Å². The van der Waals surface area contributed by atoms with Crippen molar-refractivity contribution in [3.05, 3.63) is 0 Å². The fourth-order valence-corrected chi connectivity index (χ4v) is 1.74. The highest BCUT2D eigenvalue weighted by atomic mass is 15.1.